The van der Waals surface area contributed by atoms with E-state index in [4.69, 9.17) is 14.2 Å². The molecule has 9 nitrogen and oxygen atoms in total. The van der Waals surface area contributed by atoms with E-state index >= 15 is 4.39 Å². The molecule has 4 saturated heterocycles. The van der Waals surface area contributed by atoms with Crippen molar-refractivity contribution >= 4 is 17.6 Å². The molecule has 4 aliphatic rings. The third kappa shape index (κ3) is 7.25. The lowest BCUT2D eigenvalue weighted by molar-refractivity contribution is -0.143. The Morgan fingerprint density at radius 1 is 0.980 bits per heavy atom. The number of hydrogen-bond donors (Lipinski definition) is 1. The van der Waals surface area contributed by atoms with Crippen LogP contribution in [0.25, 0.3) is 0 Å². The van der Waals surface area contributed by atoms with Crippen LogP contribution < -0.4 is 9.64 Å². The molecule has 4 heterocycles. The first-order chi connectivity index (χ1) is 23.4. The number of rotatable bonds is 9. The highest BCUT2D eigenvalue weighted by Gasteiger charge is 2.57. The molecule has 0 aromatic heterocycles. The number of piperidine rings is 1. The van der Waals surface area contributed by atoms with Crippen molar-refractivity contribution in [3.63, 3.8) is 0 Å². The topological polar surface area (TPSA) is 91.8 Å². The van der Waals surface area contributed by atoms with Crippen molar-refractivity contribution in [2.45, 2.75) is 55.4 Å². The summed E-state index contributed by atoms with van der Waals surface area (Å²) < 4.78 is 75.9. The number of nitrogens with zero attached hydrogens (tertiary/aromatic N) is 3. The molecule has 13 heteroatoms. The lowest BCUT2D eigenvalue weighted by atomic mass is 9.85. The van der Waals surface area contributed by atoms with Crippen LogP contribution in [0.3, 0.4) is 0 Å². The molecule has 0 radical (unpaired) electrons. The van der Waals surface area contributed by atoms with Gasteiger partial charge in [0.1, 0.15) is 5.75 Å². The van der Waals surface area contributed by atoms with Gasteiger partial charge in [-0.2, -0.15) is 13.2 Å². The smallest absolute Gasteiger partial charge is 0.416 e. The highest BCUT2D eigenvalue weighted by molar-refractivity contribution is 5.88. The van der Waals surface area contributed by atoms with Crippen LogP contribution >= 0.6 is 0 Å². The van der Waals surface area contributed by atoms with Crippen molar-refractivity contribution in [1.82, 2.24) is 9.80 Å². The quantitative estimate of drug-likeness (QED) is 0.360. The van der Waals surface area contributed by atoms with Gasteiger partial charge in [0.05, 0.1) is 25.2 Å². The Balaban J connectivity index is 1.31. The van der Waals surface area contributed by atoms with Gasteiger partial charge in [-0.05, 0) is 61.1 Å². The molecule has 0 aliphatic carbocycles. The Bertz CT molecular complexity index is 1480. The third-order valence-electron chi connectivity index (χ3n) is 11.0. The summed E-state index contributed by atoms with van der Waals surface area (Å²) in [6, 6.07) is 10.9. The predicted octanol–water partition coefficient (Wildman–Crippen LogP) is 5.19. The minimum atomic E-state index is -4.58. The molecule has 49 heavy (non-hydrogen) atoms. The first-order valence-electron chi connectivity index (χ1n) is 17.0. The van der Waals surface area contributed by atoms with Gasteiger partial charge in [-0.15, -0.1) is 0 Å². The molecule has 2 aromatic rings. The summed E-state index contributed by atoms with van der Waals surface area (Å²) in [5.74, 6) is -2.91. The first-order valence-corrected chi connectivity index (χ1v) is 17.0. The van der Waals surface area contributed by atoms with Crippen LogP contribution in [-0.2, 0) is 25.2 Å². The van der Waals surface area contributed by atoms with E-state index in [1.54, 1.807) is 31.4 Å². The Morgan fingerprint density at radius 3 is 2.29 bits per heavy atom. The Kier molecular flexibility index (Phi) is 10.4. The van der Waals surface area contributed by atoms with Gasteiger partial charge < -0.3 is 29.1 Å². The van der Waals surface area contributed by atoms with Crippen LogP contribution in [-0.4, -0.2) is 112 Å². The number of carboxylic acids is 1. The average molecular weight is 692 g/mol. The number of carbonyl (C=O) groups is 2. The normalized spacial score (nSPS) is 27.5. The van der Waals surface area contributed by atoms with Crippen molar-refractivity contribution in [3.05, 3.63) is 59.2 Å². The largest absolute Gasteiger partial charge is 0.497 e. The summed E-state index contributed by atoms with van der Waals surface area (Å²) >= 11 is 0. The number of carboxylic acid groups (broad SMARTS) is 1. The highest BCUT2D eigenvalue weighted by Crippen LogP contribution is 2.46. The van der Waals surface area contributed by atoms with E-state index in [1.807, 2.05) is 4.90 Å². The summed E-state index contributed by atoms with van der Waals surface area (Å²) in [5.41, 5.74) is -1.35. The second-order valence-corrected chi connectivity index (χ2v) is 13.9. The number of methoxy groups -OCH3 is 2. The van der Waals surface area contributed by atoms with E-state index in [1.165, 1.54) is 18.1 Å². The van der Waals surface area contributed by atoms with Crippen LogP contribution in [0.15, 0.2) is 42.5 Å². The molecule has 1 N–H and O–H groups in total. The van der Waals surface area contributed by atoms with E-state index < -0.39 is 47.0 Å². The summed E-state index contributed by atoms with van der Waals surface area (Å²) in [5, 5.41) is 9.50. The van der Waals surface area contributed by atoms with Gasteiger partial charge in [0.25, 0.3) is 5.91 Å². The summed E-state index contributed by atoms with van der Waals surface area (Å²) in [7, 11) is 3.09. The lowest BCUT2D eigenvalue weighted by Gasteiger charge is -2.35. The molecule has 0 saturated carbocycles. The van der Waals surface area contributed by atoms with Crippen molar-refractivity contribution in [2.24, 2.45) is 11.8 Å². The van der Waals surface area contributed by atoms with Gasteiger partial charge in [-0.1, -0.05) is 18.2 Å². The monoisotopic (exact) mass is 691 g/mol. The number of likely N-dealkylation sites (tertiary alicyclic amines) is 2. The molecule has 4 atom stereocenters. The van der Waals surface area contributed by atoms with Crippen LogP contribution in [0.5, 0.6) is 5.75 Å². The van der Waals surface area contributed by atoms with E-state index in [-0.39, 0.29) is 51.3 Å². The Labute approximate surface area is 284 Å². The van der Waals surface area contributed by atoms with Crippen molar-refractivity contribution < 1.29 is 46.5 Å². The second kappa shape index (κ2) is 14.4. The number of anilines is 1. The zero-order valence-electron chi connectivity index (χ0n) is 28.0. The van der Waals surface area contributed by atoms with E-state index in [0.717, 1.165) is 25.0 Å². The van der Waals surface area contributed by atoms with Gasteiger partial charge in [0.2, 0.25) is 5.67 Å². The van der Waals surface area contributed by atoms with Gasteiger partial charge >= 0.3 is 12.1 Å². The maximum atomic E-state index is 17.7. The Hall–Kier alpha value is -3.42. The van der Waals surface area contributed by atoms with E-state index in [0.29, 0.717) is 55.2 Å². The SMILES string of the molecule is COC[C@H]1CN(C(=O)[C@]2(F)CN(C3CCOCC3)C[C@H]2c2ccc(OC)cc2)C[C@@H]1c1ccc(C(F)(F)F)cc1N1CCC(C(=O)O)CC1. The van der Waals surface area contributed by atoms with Crippen LogP contribution in [0.1, 0.15) is 54.2 Å². The van der Waals surface area contributed by atoms with Crippen LogP contribution in [0, 0.1) is 11.8 Å². The Morgan fingerprint density at radius 2 is 1.67 bits per heavy atom. The summed E-state index contributed by atoms with van der Waals surface area (Å²) in [6.07, 6.45) is -2.46. The van der Waals surface area contributed by atoms with Crippen LogP contribution in [0.2, 0.25) is 0 Å². The average Bonchev–Trinajstić information content (AvgIpc) is 3.69. The lowest BCUT2D eigenvalue weighted by Crippen LogP contribution is -2.50. The molecular formula is C36H45F4N3O6. The molecule has 4 fully saturated rings. The van der Waals surface area contributed by atoms with E-state index in [9.17, 15) is 27.9 Å². The number of hydrogen-bond acceptors (Lipinski definition) is 7. The van der Waals surface area contributed by atoms with Gasteiger partial charge in [-0.25, -0.2) is 4.39 Å². The highest BCUT2D eigenvalue weighted by atomic mass is 19.4. The number of amides is 1. The van der Waals surface area contributed by atoms with Crippen molar-refractivity contribution in [1.29, 1.82) is 0 Å². The number of benzene rings is 2. The fourth-order valence-electron chi connectivity index (χ4n) is 8.31. The molecule has 4 aliphatic heterocycles. The molecular weight excluding hydrogens is 646 g/mol. The van der Waals surface area contributed by atoms with Crippen molar-refractivity contribution in [2.75, 3.05) is 78.2 Å². The van der Waals surface area contributed by atoms with Gasteiger partial charge in [0.15, 0.2) is 0 Å². The molecule has 2 aromatic carbocycles. The molecule has 0 spiro atoms. The third-order valence-corrected chi connectivity index (χ3v) is 11.0. The maximum absolute atomic E-state index is 17.7. The number of aliphatic carboxylic acids is 1. The van der Waals surface area contributed by atoms with Gasteiger partial charge in [0, 0.05) is 89.1 Å². The molecule has 0 unspecified atom stereocenters. The summed E-state index contributed by atoms with van der Waals surface area (Å²) in [6.45, 7) is 2.58. The van der Waals surface area contributed by atoms with Crippen molar-refractivity contribution in [3.8, 4) is 5.75 Å². The standard InChI is InChI=1S/C36H45F4N3O6/c1-47-21-25-18-42(19-30(25)29-8-5-26(36(38,39)40)17-32(29)41-13-9-24(10-14-41)33(44)45)34(46)35(37)22-43(27-11-15-49-16-12-27)20-31(35)23-3-6-28(48-2)7-4-23/h3-8,17,24-25,27,30-31H,9-16,18-22H2,1-2H3,(H,44,45)/t25-,30+,31+,35+/m1/s1. The zero-order valence-corrected chi connectivity index (χ0v) is 28.0. The minimum absolute atomic E-state index is 0.0621. The minimum Gasteiger partial charge on any atom is -0.497 e. The number of alkyl halides is 4. The van der Waals surface area contributed by atoms with Gasteiger partial charge in [-0.3, -0.25) is 14.5 Å². The fourth-order valence-corrected chi connectivity index (χ4v) is 8.31. The molecule has 0 bridgehead atoms. The molecule has 6 rings (SSSR count). The van der Waals surface area contributed by atoms with E-state index in [2.05, 4.69) is 4.90 Å². The molecule has 268 valence electrons. The number of carbonyl (C=O) groups excluding carboxylic acids is 1. The number of halogens is 4. The second-order valence-electron chi connectivity index (χ2n) is 13.9. The zero-order chi connectivity index (χ0) is 34.9. The maximum Gasteiger partial charge on any atom is 0.416 e. The predicted molar refractivity (Wildman–Crippen MR) is 174 cm³/mol. The fraction of sp³-hybridized carbons (Fsp3) is 0.611. The molecule has 1 amide bonds. The van der Waals surface area contributed by atoms with Crippen LogP contribution in [0.4, 0.5) is 23.2 Å². The first kappa shape index (κ1) is 35.4. The summed E-state index contributed by atoms with van der Waals surface area (Å²) in [4.78, 5) is 31.5. The number of ether oxygens (including phenoxy) is 3.